The Morgan fingerprint density at radius 1 is 1.16 bits per heavy atom. The number of hydrogen-bond acceptors (Lipinski definition) is 6. The van der Waals surface area contributed by atoms with Gasteiger partial charge in [0, 0.05) is 18.1 Å². The van der Waals surface area contributed by atoms with E-state index in [1.807, 2.05) is 0 Å². The molecule has 2 aromatic heterocycles. The fourth-order valence-electron chi connectivity index (χ4n) is 3.03. The quantitative estimate of drug-likeness (QED) is 0.323. The molecule has 9 heteroatoms. The lowest BCUT2D eigenvalue weighted by Gasteiger charge is -2.15. The van der Waals surface area contributed by atoms with E-state index in [1.165, 1.54) is 17.8 Å². The van der Waals surface area contributed by atoms with E-state index in [0.717, 1.165) is 19.3 Å². The second-order valence-electron chi connectivity index (χ2n) is 7.01. The third-order valence-electron chi connectivity index (χ3n) is 4.70. The van der Waals surface area contributed by atoms with Crippen molar-refractivity contribution in [2.45, 2.75) is 45.8 Å². The minimum atomic E-state index is -1.12. The molecule has 162 valence electrons. The van der Waals surface area contributed by atoms with Gasteiger partial charge in [-0.25, -0.2) is 14.5 Å². The van der Waals surface area contributed by atoms with Crippen LogP contribution in [0, 0.1) is 0 Å². The number of fused-ring (bicyclic) bond motifs is 1. The molecule has 1 atom stereocenters. The second-order valence-corrected chi connectivity index (χ2v) is 7.37. The van der Waals surface area contributed by atoms with Gasteiger partial charge >= 0.3 is 5.97 Å². The van der Waals surface area contributed by atoms with Gasteiger partial charge in [-0.1, -0.05) is 49.6 Å². The number of carbonyl (C=O) groups is 2. The molecule has 8 nitrogen and oxygen atoms in total. The number of benzene rings is 1. The molecular weight excluding hydrogens is 420 g/mol. The molecule has 0 aliphatic heterocycles. The van der Waals surface area contributed by atoms with E-state index < -0.39 is 18.0 Å². The van der Waals surface area contributed by atoms with Crippen molar-refractivity contribution in [2.75, 3.05) is 5.32 Å². The van der Waals surface area contributed by atoms with Crippen molar-refractivity contribution in [2.24, 2.45) is 0 Å². The topological polar surface area (TPSA) is 103 Å². The number of aromatic nitrogens is 3. The Balaban J connectivity index is 1.84. The molecule has 0 saturated heterocycles. The number of pyridine rings is 1. The highest BCUT2D eigenvalue weighted by Gasteiger charge is 2.24. The summed E-state index contributed by atoms with van der Waals surface area (Å²) in [6.45, 7) is 3.90. The van der Waals surface area contributed by atoms with E-state index in [2.05, 4.69) is 22.3 Å². The van der Waals surface area contributed by atoms with Crippen LogP contribution in [0.25, 0.3) is 10.8 Å². The summed E-state index contributed by atoms with van der Waals surface area (Å²) in [4.78, 5) is 41.9. The highest BCUT2D eigenvalue weighted by atomic mass is 35.5. The normalized spacial score (nSPS) is 11.8. The molecule has 2 heterocycles. The molecule has 0 radical (unpaired) electrons. The summed E-state index contributed by atoms with van der Waals surface area (Å²) in [6, 6.07) is 9.92. The lowest BCUT2D eigenvalue weighted by molar-refractivity contribution is -0.123. The zero-order valence-electron chi connectivity index (χ0n) is 17.3. The van der Waals surface area contributed by atoms with E-state index in [1.54, 1.807) is 36.4 Å². The molecular formula is C22H23ClN4O4. The van der Waals surface area contributed by atoms with Gasteiger partial charge in [-0.05, 0) is 31.5 Å². The maximum absolute atomic E-state index is 12.9. The van der Waals surface area contributed by atoms with E-state index in [4.69, 9.17) is 16.3 Å². The van der Waals surface area contributed by atoms with Crippen molar-refractivity contribution in [3.05, 3.63) is 63.8 Å². The molecule has 3 aromatic rings. The number of nitrogens with one attached hydrogen (secondary N) is 1. The molecule has 1 N–H and O–H groups in total. The summed E-state index contributed by atoms with van der Waals surface area (Å²) in [6.07, 6.45) is 3.07. The van der Waals surface area contributed by atoms with Crippen LogP contribution in [-0.4, -0.2) is 32.7 Å². The van der Waals surface area contributed by atoms with Crippen LogP contribution in [0.1, 0.15) is 43.6 Å². The number of amides is 1. The average Bonchev–Trinajstić information content (AvgIpc) is 2.77. The number of aryl methyl sites for hydroxylation is 1. The third-order valence-corrected chi connectivity index (χ3v) is 5.01. The van der Waals surface area contributed by atoms with Crippen LogP contribution >= 0.6 is 11.6 Å². The van der Waals surface area contributed by atoms with Crippen molar-refractivity contribution in [1.29, 1.82) is 0 Å². The lowest BCUT2D eigenvalue weighted by atomic mass is 10.1. The van der Waals surface area contributed by atoms with E-state index in [0.29, 0.717) is 23.0 Å². The molecule has 0 bridgehead atoms. The van der Waals surface area contributed by atoms with Gasteiger partial charge in [-0.15, -0.1) is 0 Å². The summed E-state index contributed by atoms with van der Waals surface area (Å²) >= 11 is 5.95. The highest BCUT2D eigenvalue weighted by Crippen LogP contribution is 2.19. The van der Waals surface area contributed by atoms with Crippen molar-refractivity contribution < 1.29 is 14.3 Å². The van der Waals surface area contributed by atoms with Crippen LogP contribution in [0.4, 0.5) is 5.69 Å². The van der Waals surface area contributed by atoms with Gasteiger partial charge in [-0.2, -0.15) is 5.10 Å². The van der Waals surface area contributed by atoms with Crippen LogP contribution in [0.15, 0.2) is 47.4 Å². The summed E-state index contributed by atoms with van der Waals surface area (Å²) in [5.41, 5.74) is 0.0381. The second kappa shape index (κ2) is 10.2. The molecule has 0 spiro atoms. The number of nitrogens with zero attached hydrogens (tertiary/aromatic N) is 3. The van der Waals surface area contributed by atoms with Crippen LogP contribution in [0.3, 0.4) is 0 Å². The number of halogens is 1. The number of anilines is 1. The zero-order valence-corrected chi connectivity index (χ0v) is 18.1. The Bertz CT molecular complexity index is 1160. The van der Waals surface area contributed by atoms with Crippen molar-refractivity contribution in [3.8, 4) is 0 Å². The van der Waals surface area contributed by atoms with Crippen LogP contribution in [-0.2, 0) is 16.1 Å². The first-order chi connectivity index (χ1) is 14.9. The van der Waals surface area contributed by atoms with E-state index >= 15 is 0 Å². The van der Waals surface area contributed by atoms with E-state index in [9.17, 15) is 14.4 Å². The largest absolute Gasteiger partial charge is 0.448 e. The number of esters is 1. The Labute approximate surface area is 184 Å². The highest BCUT2D eigenvalue weighted by molar-refractivity contribution is 6.32. The fraction of sp³-hybridized carbons (Fsp3) is 0.318. The summed E-state index contributed by atoms with van der Waals surface area (Å²) in [7, 11) is 0. The molecule has 0 fully saturated rings. The Kier molecular flexibility index (Phi) is 7.36. The summed E-state index contributed by atoms with van der Waals surface area (Å²) in [5.74, 6) is -1.36. The summed E-state index contributed by atoms with van der Waals surface area (Å²) < 4.78 is 6.63. The average molecular weight is 443 g/mol. The van der Waals surface area contributed by atoms with Crippen LogP contribution in [0.2, 0.25) is 5.15 Å². The van der Waals surface area contributed by atoms with Crippen molar-refractivity contribution >= 4 is 39.9 Å². The smallest absolute Gasteiger partial charge is 0.360 e. The zero-order chi connectivity index (χ0) is 22.4. The minimum Gasteiger partial charge on any atom is -0.448 e. The summed E-state index contributed by atoms with van der Waals surface area (Å²) in [5, 5.41) is 7.70. The van der Waals surface area contributed by atoms with E-state index in [-0.39, 0.29) is 16.4 Å². The minimum absolute atomic E-state index is 0.00856. The molecule has 1 unspecified atom stereocenters. The van der Waals surface area contributed by atoms with Crippen LogP contribution in [0.5, 0.6) is 0 Å². The molecule has 1 amide bonds. The predicted molar refractivity (Wildman–Crippen MR) is 118 cm³/mol. The Morgan fingerprint density at radius 3 is 2.61 bits per heavy atom. The number of hydrogen-bond donors (Lipinski definition) is 1. The Hall–Kier alpha value is -3.26. The number of carbonyl (C=O) groups excluding carboxylic acids is 2. The fourth-order valence-corrected chi connectivity index (χ4v) is 3.20. The van der Waals surface area contributed by atoms with Gasteiger partial charge in [0.2, 0.25) is 0 Å². The molecule has 0 aliphatic carbocycles. The van der Waals surface area contributed by atoms with Gasteiger partial charge in [-0.3, -0.25) is 9.59 Å². The molecule has 0 saturated carbocycles. The number of rotatable bonds is 8. The number of ether oxygens (including phenoxy) is 1. The Morgan fingerprint density at radius 2 is 1.90 bits per heavy atom. The van der Waals surface area contributed by atoms with Gasteiger partial charge in [0.25, 0.3) is 11.5 Å². The molecule has 3 rings (SSSR count). The standard InChI is InChI=1S/C22H23ClN4O4/c1-3-4-7-13-27-21(29)16-10-6-5-9-15(16)18(26-27)22(30)31-14(2)20(28)25-17-11-8-12-24-19(17)23/h5-6,8-12,14H,3-4,7,13H2,1-2H3,(H,25,28). The first-order valence-corrected chi connectivity index (χ1v) is 10.4. The number of unbranched alkanes of at least 4 members (excludes halogenated alkanes) is 2. The first-order valence-electron chi connectivity index (χ1n) is 10.0. The first kappa shape index (κ1) is 22.4. The van der Waals surface area contributed by atoms with Gasteiger partial charge < -0.3 is 10.1 Å². The van der Waals surface area contributed by atoms with Crippen molar-refractivity contribution in [1.82, 2.24) is 14.8 Å². The van der Waals surface area contributed by atoms with Gasteiger partial charge in [0.15, 0.2) is 17.0 Å². The molecule has 31 heavy (non-hydrogen) atoms. The lowest BCUT2D eigenvalue weighted by Crippen LogP contribution is -2.32. The predicted octanol–water partition coefficient (Wildman–Crippen LogP) is 3.82. The monoisotopic (exact) mass is 442 g/mol. The van der Waals surface area contributed by atoms with Crippen molar-refractivity contribution in [3.63, 3.8) is 0 Å². The maximum atomic E-state index is 12.9. The molecule has 0 aliphatic rings. The third kappa shape index (κ3) is 5.27. The maximum Gasteiger partial charge on any atom is 0.360 e. The van der Waals surface area contributed by atoms with Crippen LogP contribution < -0.4 is 10.9 Å². The molecule has 1 aromatic carbocycles. The van der Waals surface area contributed by atoms with Gasteiger partial charge in [0.05, 0.1) is 11.1 Å². The van der Waals surface area contributed by atoms with Gasteiger partial charge in [0.1, 0.15) is 0 Å². The SMILES string of the molecule is CCCCCn1nc(C(=O)OC(C)C(=O)Nc2cccnc2Cl)c2ccccc2c1=O.